The van der Waals surface area contributed by atoms with Crippen LogP contribution in [0.3, 0.4) is 0 Å². The van der Waals surface area contributed by atoms with Gasteiger partial charge in [0.1, 0.15) is 6.04 Å². The van der Waals surface area contributed by atoms with E-state index in [0.29, 0.717) is 4.88 Å². The molecule has 86 valence electrons. The molecule has 2 nitrogen and oxygen atoms in total. The van der Waals surface area contributed by atoms with E-state index in [1.54, 1.807) is 0 Å². The Labute approximate surface area is 90.3 Å². The molecule has 1 heterocycles. The molecule has 0 radical (unpaired) electrons. The Morgan fingerprint density at radius 3 is 2.47 bits per heavy atom. The molecule has 0 fully saturated rings. The summed E-state index contributed by atoms with van der Waals surface area (Å²) in [5.41, 5.74) is 5.02. The van der Waals surface area contributed by atoms with Gasteiger partial charge in [-0.25, -0.2) is 4.98 Å². The maximum absolute atomic E-state index is 12.2. The molecular formula is C9H13F3N2S. The molecule has 0 aliphatic carbocycles. The van der Waals surface area contributed by atoms with Crippen LogP contribution in [0.5, 0.6) is 0 Å². The first-order chi connectivity index (χ1) is 6.80. The lowest BCUT2D eigenvalue weighted by molar-refractivity contribution is -0.147. The van der Waals surface area contributed by atoms with E-state index in [4.69, 9.17) is 5.73 Å². The number of aromatic nitrogens is 1. The van der Waals surface area contributed by atoms with E-state index < -0.39 is 12.2 Å². The Morgan fingerprint density at radius 2 is 2.07 bits per heavy atom. The lowest BCUT2D eigenvalue weighted by atomic mass is 10.2. The first-order valence-corrected chi connectivity index (χ1v) is 5.39. The van der Waals surface area contributed by atoms with Crippen molar-refractivity contribution >= 4 is 11.3 Å². The van der Waals surface area contributed by atoms with Gasteiger partial charge in [-0.1, -0.05) is 13.8 Å². The molecule has 1 aromatic rings. The average Bonchev–Trinajstić information content (AvgIpc) is 2.50. The zero-order chi connectivity index (χ0) is 11.6. The first kappa shape index (κ1) is 12.4. The van der Waals surface area contributed by atoms with Crippen molar-refractivity contribution in [2.75, 3.05) is 0 Å². The Balaban J connectivity index is 2.65. The van der Waals surface area contributed by atoms with Gasteiger partial charge in [-0.3, -0.25) is 0 Å². The lowest BCUT2D eigenvalue weighted by Gasteiger charge is -2.13. The summed E-state index contributed by atoms with van der Waals surface area (Å²) in [6, 6.07) is -1.79. The molecule has 2 N–H and O–H groups in total. The van der Waals surface area contributed by atoms with Crippen molar-refractivity contribution in [2.24, 2.45) is 5.73 Å². The number of hydrogen-bond acceptors (Lipinski definition) is 3. The van der Waals surface area contributed by atoms with E-state index in [1.165, 1.54) is 17.5 Å². The summed E-state index contributed by atoms with van der Waals surface area (Å²) in [6.07, 6.45) is -3.04. The molecule has 15 heavy (non-hydrogen) atoms. The van der Waals surface area contributed by atoms with Gasteiger partial charge in [-0.05, 0) is 0 Å². The molecule has 0 aliphatic rings. The van der Waals surface area contributed by atoms with Gasteiger partial charge in [0.25, 0.3) is 0 Å². The van der Waals surface area contributed by atoms with Crippen molar-refractivity contribution in [3.8, 4) is 0 Å². The second kappa shape index (κ2) is 4.49. The predicted molar refractivity (Wildman–Crippen MR) is 53.9 cm³/mol. The van der Waals surface area contributed by atoms with Crippen LogP contribution in [-0.2, 0) is 6.42 Å². The van der Waals surface area contributed by atoms with Gasteiger partial charge in [0.15, 0.2) is 0 Å². The number of nitrogens with two attached hydrogens (primary N) is 1. The van der Waals surface area contributed by atoms with Crippen molar-refractivity contribution in [2.45, 2.75) is 38.4 Å². The van der Waals surface area contributed by atoms with Crippen molar-refractivity contribution in [1.82, 2.24) is 4.98 Å². The molecular weight excluding hydrogens is 225 g/mol. The first-order valence-electron chi connectivity index (χ1n) is 4.57. The van der Waals surface area contributed by atoms with Crippen LogP contribution in [0.2, 0.25) is 0 Å². The van der Waals surface area contributed by atoms with Crippen LogP contribution < -0.4 is 5.73 Å². The number of hydrogen-bond donors (Lipinski definition) is 1. The molecule has 6 heteroatoms. The minimum absolute atomic E-state index is 0.187. The Morgan fingerprint density at radius 1 is 1.47 bits per heavy atom. The summed E-state index contributed by atoms with van der Waals surface area (Å²) >= 11 is 1.29. The smallest absolute Gasteiger partial charge is 0.320 e. The quantitative estimate of drug-likeness (QED) is 0.879. The standard InChI is InChI=1S/C9H13F3N2S/c1-5(2)8-14-4-6(15-8)3-7(13)9(10,11)12/h4-5,7H,3,13H2,1-2H3. The van der Waals surface area contributed by atoms with E-state index in [1.807, 2.05) is 13.8 Å². The van der Waals surface area contributed by atoms with Gasteiger partial charge in [0.05, 0.1) is 5.01 Å². The number of thiazole rings is 1. The topological polar surface area (TPSA) is 38.9 Å². The lowest BCUT2D eigenvalue weighted by Crippen LogP contribution is -2.38. The predicted octanol–water partition coefficient (Wildman–Crippen LogP) is 2.70. The minimum atomic E-state index is -4.33. The van der Waals surface area contributed by atoms with E-state index in [0.717, 1.165) is 5.01 Å². The Kier molecular flexibility index (Phi) is 3.72. The van der Waals surface area contributed by atoms with Gasteiger partial charge in [0.2, 0.25) is 0 Å². The molecule has 1 rings (SSSR count). The fraction of sp³-hybridized carbons (Fsp3) is 0.667. The van der Waals surface area contributed by atoms with E-state index in [9.17, 15) is 13.2 Å². The largest absolute Gasteiger partial charge is 0.403 e. The molecule has 1 unspecified atom stereocenters. The summed E-state index contributed by atoms with van der Waals surface area (Å²) < 4.78 is 36.5. The van der Waals surface area contributed by atoms with Crippen LogP contribution in [0.4, 0.5) is 13.2 Å². The molecule has 0 aliphatic heterocycles. The molecule has 0 amide bonds. The molecule has 0 saturated heterocycles. The maximum Gasteiger partial charge on any atom is 0.403 e. The van der Waals surface area contributed by atoms with Gasteiger partial charge in [-0.2, -0.15) is 13.2 Å². The van der Waals surface area contributed by atoms with Crippen LogP contribution in [-0.4, -0.2) is 17.2 Å². The van der Waals surface area contributed by atoms with Gasteiger partial charge in [-0.15, -0.1) is 11.3 Å². The average molecular weight is 238 g/mol. The SMILES string of the molecule is CC(C)c1ncc(CC(N)C(F)(F)F)s1. The number of alkyl halides is 3. The van der Waals surface area contributed by atoms with Gasteiger partial charge < -0.3 is 5.73 Å². The van der Waals surface area contributed by atoms with Crippen molar-refractivity contribution in [1.29, 1.82) is 0 Å². The molecule has 1 aromatic heterocycles. The van der Waals surface area contributed by atoms with Crippen LogP contribution in [0.1, 0.15) is 29.7 Å². The highest BCUT2D eigenvalue weighted by atomic mass is 32.1. The second-order valence-corrected chi connectivity index (χ2v) is 4.82. The summed E-state index contributed by atoms with van der Waals surface area (Å²) in [6.45, 7) is 3.90. The minimum Gasteiger partial charge on any atom is -0.320 e. The second-order valence-electron chi connectivity index (χ2n) is 3.67. The molecule has 1 atom stereocenters. The highest BCUT2D eigenvalue weighted by Gasteiger charge is 2.36. The van der Waals surface area contributed by atoms with Crippen LogP contribution in [0, 0.1) is 0 Å². The van der Waals surface area contributed by atoms with E-state index >= 15 is 0 Å². The third-order valence-corrected chi connectivity index (χ3v) is 3.23. The van der Waals surface area contributed by atoms with Gasteiger partial charge in [0, 0.05) is 23.4 Å². The molecule has 0 aromatic carbocycles. The molecule has 0 bridgehead atoms. The molecule has 0 saturated carbocycles. The summed E-state index contributed by atoms with van der Waals surface area (Å²) in [7, 11) is 0. The van der Waals surface area contributed by atoms with Crippen molar-refractivity contribution < 1.29 is 13.2 Å². The zero-order valence-electron chi connectivity index (χ0n) is 8.51. The number of nitrogens with zero attached hydrogens (tertiary/aromatic N) is 1. The maximum atomic E-state index is 12.2. The van der Waals surface area contributed by atoms with Crippen LogP contribution in [0.25, 0.3) is 0 Å². The third-order valence-electron chi connectivity index (χ3n) is 1.91. The third kappa shape index (κ3) is 3.46. The fourth-order valence-corrected chi connectivity index (χ4v) is 1.99. The van der Waals surface area contributed by atoms with E-state index in [2.05, 4.69) is 4.98 Å². The summed E-state index contributed by atoms with van der Waals surface area (Å²) in [5.74, 6) is 0.242. The Hall–Kier alpha value is -0.620. The normalized spacial score (nSPS) is 14.6. The van der Waals surface area contributed by atoms with Crippen LogP contribution in [0.15, 0.2) is 6.20 Å². The van der Waals surface area contributed by atoms with E-state index in [-0.39, 0.29) is 12.3 Å². The van der Waals surface area contributed by atoms with Crippen molar-refractivity contribution in [3.05, 3.63) is 16.1 Å². The number of rotatable bonds is 3. The van der Waals surface area contributed by atoms with Gasteiger partial charge >= 0.3 is 6.18 Å². The van der Waals surface area contributed by atoms with Crippen molar-refractivity contribution in [3.63, 3.8) is 0 Å². The zero-order valence-corrected chi connectivity index (χ0v) is 9.32. The number of halogens is 3. The fourth-order valence-electron chi connectivity index (χ4n) is 1.02. The Bertz CT molecular complexity index is 319. The monoisotopic (exact) mass is 238 g/mol. The molecule has 0 spiro atoms. The summed E-state index contributed by atoms with van der Waals surface area (Å²) in [5, 5.41) is 0.847. The highest BCUT2D eigenvalue weighted by Crippen LogP contribution is 2.26. The summed E-state index contributed by atoms with van der Waals surface area (Å²) in [4.78, 5) is 4.63. The van der Waals surface area contributed by atoms with Crippen LogP contribution >= 0.6 is 11.3 Å². The highest BCUT2D eigenvalue weighted by molar-refractivity contribution is 7.11.